The second-order valence-corrected chi connectivity index (χ2v) is 7.45. The van der Waals surface area contributed by atoms with E-state index in [4.69, 9.17) is 9.47 Å². The van der Waals surface area contributed by atoms with Gasteiger partial charge in [-0.05, 0) is 37.3 Å². The quantitative estimate of drug-likeness (QED) is 0.847. The third-order valence-corrected chi connectivity index (χ3v) is 5.18. The smallest absolute Gasteiger partial charge is 0.260 e. The predicted octanol–water partition coefficient (Wildman–Crippen LogP) is 2.17. The summed E-state index contributed by atoms with van der Waals surface area (Å²) in [5, 5.41) is 0. The minimum Gasteiger partial charge on any atom is -0.373 e. The Balaban J connectivity index is 1.29. The first kappa shape index (κ1) is 16.0. The van der Waals surface area contributed by atoms with E-state index < -0.39 is 5.67 Å². The summed E-state index contributed by atoms with van der Waals surface area (Å²) in [5.74, 6) is -0.356. The van der Waals surface area contributed by atoms with Gasteiger partial charge >= 0.3 is 0 Å². The maximum atomic E-state index is 13.9. The van der Waals surface area contributed by atoms with Crippen molar-refractivity contribution in [2.45, 2.75) is 56.6 Å². The van der Waals surface area contributed by atoms with Gasteiger partial charge in [0.15, 0.2) is 5.67 Å². The number of rotatable bonds is 4. The molecule has 1 saturated carbocycles. The van der Waals surface area contributed by atoms with Crippen LogP contribution in [0.2, 0.25) is 0 Å². The van der Waals surface area contributed by atoms with Crippen molar-refractivity contribution in [3.63, 3.8) is 0 Å². The number of aromatic nitrogens is 1. The average Bonchev–Trinajstić information content (AvgIpc) is 3.29. The number of carbonyl (C=O) groups excluding carboxylic acids is 1. The van der Waals surface area contributed by atoms with Crippen LogP contribution in [0.1, 0.15) is 36.8 Å². The first-order valence-electron chi connectivity index (χ1n) is 8.63. The normalized spacial score (nSPS) is 26.9. The zero-order valence-corrected chi connectivity index (χ0v) is 14.0. The summed E-state index contributed by atoms with van der Waals surface area (Å²) in [7, 11) is 0. The molecule has 2 aliphatic heterocycles. The lowest BCUT2D eigenvalue weighted by Crippen LogP contribution is -2.68. The molecule has 0 aromatic carbocycles. The molecule has 6 heteroatoms. The van der Waals surface area contributed by atoms with Gasteiger partial charge in [-0.2, -0.15) is 0 Å². The van der Waals surface area contributed by atoms with Crippen LogP contribution in [0.4, 0.5) is 4.39 Å². The number of amides is 1. The zero-order chi connectivity index (χ0) is 16.8. The molecule has 1 atom stereocenters. The Labute approximate surface area is 141 Å². The van der Waals surface area contributed by atoms with Crippen LogP contribution in [0.3, 0.4) is 0 Å². The minimum atomic E-state index is -1.58. The van der Waals surface area contributed by atoms with Gasteiger partial charge in [-0.25, -0.2) is 4.39 Å². The van der Waals surface area contributed by atoms with Crippen LogP contribution in [0.5, 0.6) is 0 Å². The van der Waals surface area contributed by atoms with Crippen LogP contribution >= 0.6 is 0 Å². The molecule has 3 fully saturated rings. The van der Waals surface area contributed by atoms with Crippen molar-refractivity contribution in [1.82, 2.24) is 9.88 Å². The Morgan fingerprint density at radius 1 is 1.46 bits per heavy atom. The lowest BCUT2D eigenvalue weighted by molar-refractivity contribution is -0.205. The Bertz CT molecular complexity index is 641. The highest BCUT2D eigenvalue weighted by Crippen LogP contribution is 2.45. The molecular formula is C18H23FN2O3. The Kier molecular flexibility index (Phi) is 3.84. The van der Waals surface area contributed by atoms with E-state index in [9.17, 15) is 9.18 Å². The molecule has 5 nitrogen and oxygen atoms in total. The van der Waals surface area contributed by atoms with E-state index >= 15 is 0 Å². The fraction of sp³-hybridized carbons (Fsp3) is 0.667. The van der Waals surface area contributed by atoms with Crippen molar-refractivity contribution in [2.24, 2.45) is 0 Å². The summed E-state index contributed by atoms with van der Waals surface area (Å²) in [6.45, 7) is 4.15. The largest absolute Gasteiger partial charge is 0.373 e. The number of aryl methyl sites for hydroxylation is 1. The highest BCUT2D eigenvalue weighted by atomic mass is 19.1. The number of ether oxygens (including phenoxy) is 2. The second-order valence-electron chi connectivity index (χ2n) is 7.45. The van der Waals surface area contributed by atoms with E-state index in [0.29, 0.717) is 39.1 Å². The van der Waals surface area contributed by atoms with Crippen LogP contribution in [0.15, 0.2) is 18.5 Å². The van der Waals surface area contributed by atoms with E-state index in [0.717, 1.165) is 24.0 Å². The highest BCUT2D eigenvalue weighted by molar-refractivity contribution is 5.88. The Morgan fingerprint density at radius 2 is 2.25 bits per heavy atom. The molecule has 2 saturated heterocycles. The lowest BCUT2D eigenvalue weighted by atomic mass is 9.84. The van der Waals surface area contributed by atoms with Crippen molar-refractivity contribution in [2.75, 3.05) is 19.7 Å². The number of halogens is 1. The molecule has 1 aromatic rings. The van der Waals surface area contributed by atoms with Gasteiger partial charge in [0.1, 0.15) is 5.60 Å². The molecule has 1 spiro atoms. The Hall–Kier alpha value is -1.53. The topological polar surface area (TPSA) is 51.7 Å². The molecule has 1 amide bonds. The molecule has 0 N–H and O–H groups in total. The van der Waals surface area contributed by atoms with E-state index in [-0.39, 0.29) is 17.6 Å². The molecule has 1 unspecified atom stereocenters. The molecule has 1 aromatic heterocycles. The summed E-state index contributed by atoms with van der Waals surface area (Å²) in [6, 6.07) is 2.07. The first-order valence-corrected chi connectivity index (χ1v) is 8.63. The first-order chi connectivity index (χ1) is 11.5. The maximum absolute atomic E-state index is 13.9. The molecule has 1 aliphatic carbocycles. The second kappa shape index (κ2) is 5.77. The fourth-order valence-corrected chi connectivity index (χ4v) is 3.66. The molecular weight excluding hydrogens is 311 g/mol. The third kappa shape index (κ3) is 3.05. The molecule has 4 rings (SSSR count). The number of pyridine rings is 1. The molecule has 0 bridgehead atoms. The highest BCUT2D eigenvalue weighted by Gasteiger charge is 2.58. The molecule has 3 aliphatic rings. The van der Waals surface area contributed by atoms with Gasteiger partial charge in [0.05, 0.1) is 25.8 Å². The van der Waals surface area contributed by atoms with Crippen LogP contribution in [0, 0.1) is 6.92 Å². The number of hydrogen-bond donors (Lipinski definition) is 0. The van der Waals surface area contributed by atoms with Crippen LogP contribution < -0.4 is 0 Å². The monoisotopic (exact) mass is 334 g/mol. The van der Waals surface area contributed by atoms with E-state index in [1.807, 2.05) is 19.3 Å². The molecule has 3 heterocycles. The van der Waals surface area contributed by atoms with Crippen LogP contribution in [0.25, 0.3) is 0 Å². The van der Waals surface area contributed by atoms with Crippen molar-refractivity contribution < 1.29 is 18.7 Å². The zero-order valence-electron chi connectivity index (χ0n) is 14.0. The molecule has 24 heavy (non-hydrogen) atoms. The number of hydrogen-bond acceptors (Lipinski definition) is 4. The van der Waals surface area contributed by atoms with E-state index in [1.165, 1.54) is 0 Å². The van der Waals surface area contributed by atoms with Gasteiger partial charge in [-0.1, -0.05) is 6.07 Å². The summed E-state index contributed by atoms with van der Waals surface area (Å²) in [5.41, 5.74) is 0.265. The average molecular weight is 334 g/mol. The van der Waals surface area contributed by atoms with Crippen molar-refractivity contribution in [3.8, 4) is 0 Å². The number of carbonyl (C=O) groups is 1. The summed E-state index contributed by atoms with van der Waals surface area (Å²) < 4.78 is 25.8. The number of alkyl halides is 1. The molecule has 130 valence electrons. The number of likely N-dealkylation sites (tertiary alicyclic amines) is 1. The Morgan fingerprint density at radius 3 is 2.96 bits per heavy atom. The predicted molar refractivity (Wildman–Crippen MR) is 85.1 cm³/mol. The van der Waals surface area contributed by atoms with Gasteiger partial charge in [0.25, 0.3) is 5.91 Å². The van der Waals surface area contributed by atoms with Gasteiger partial charge in [0, 0.05) is 25.4 Å². The number of nitrogens with zero attached hydrogens (tertiary/aromatic N) is 2. The van der Waals surface area contributed by atoms with Crippen LogP contribution in [-0.2, 0) is 20.9 Å². The molecule has 0 radical (unpaired) electrons. The fourth-order valence-electron chi connectivity index (χ4n) is 3.66. The van der Waals surface area contributed by atoms with Crippen molar-refractivity contribution >= 4 is 5.91 Å². The van der Waals surface area contributed by atoms with Crippen LogP contribution in [-0.4, -0.2) is 52.9 Å². The minimum absolute atomic E-state index is 0.108. The third-order valence-electron chi connectivity index (χ3n) is 5.18. The standard InChI is InChI=1S/C18H23FN2O3/c1-13-6-14(9-20-8-13)10-23-15-2-5-24-17(7-15)11-21(12-17)16(22)18(19)3-4-18/h6,8-9,15H,2-5,7,10-12H2,1H3. The SMILES string of the molecule is Cc1cncc(COC2CCOC3(C2)CN(C(=O)C2(F)CC2)C3)c1. The van der Waals surface area contributed by atoms with Crippen molar-refractivity contribution in [3.05, 3.63) is 29.6 Å². The summed E-state index contributed by atoms with van der Waals surface area (Å²) in [6.07, 6.45) is 6.10. The van der Waals surface area contributed by atoms with Gasteiger partial charge in [-0.3, -0.25) is 9.78 Å². The van der Waals surface area contributed by atoms with Gasteiger partial charge in [-0.15, -0.1) is 0 Å². The van der Waals surface area contributed by atoms with Gasteiger partial charge < -0.3 is 14.4 Å². The van der Waals surface area contributed by atoms with E-state index in [2.05, 4.69) is 11.1 Å². The summed E-state index contributed by atoms with van der Waals surface area (Å²) in [4.78, 5) is 17.8. The summed E-state index contributed by atoms with van der Waals surface area (Å²) >= 11 is 0. The van der Waals surface area contributed by atoms with Gasteiger partial charge in [0.2, 0.25) is 0 Å². The van der Waals surface area contributed by atoms with Crippen molar-refractivity contribution in [1.29, 1.82) is 0 Å². The lowest BCUT2D eigenvalue weighted by Gasteiger charge is -2.53. The maximum Gasteiger partial charge on any atom is 0.260 e. The van der Waals surface area contributed by atoms with E-state index in [1.54, 1.807) is 4.90 Å².